The molecule has 1 rings (SSSR count). The third kappa shape index (κ3) is 2.11. The van der Waals surface area contributed by atoms with E-state index in [-0.39, 0.29) is 0 Å². The summed E-state index contributed by atoms with van der Waals surface area (Å²) in [5.41, 5.74) is 8.33. The van der Waals surface area contributed by atoms with E-state index in [1.165, 1.54) is 22.3 Å². The van der Waals surface area contributed by atoms with Gasteiger partial charge in [-0.15, -0.1) is 5.73 Å². The highest BCUT2D eigenvalue weighted by Crippen LogP contribution is 2.17. The zero-order valence-corrected chi connectivity index (χ0v) is 8.65. The van der Waals surface area contributed by atoms with Gasteiger partial charge in [-0.3, -0.25) is 0 Å². The molecule has 0 saturated heterocycles. The Morgan fingerprint density at radius 1 is 1.23 bits per heavy atom. The number of hydrogen-bond acceptors (Lipinski definition) is 0. The minimum absolute atomic E-state index is 0.941. The van der Waals surface area contributed by atoms with Crippen LogP contribution in [0.15, 0.2) is 30.5 Å². The number of aryl methyl sites for hydroxylation is 1. The molecule has 0 heterocycles. The number of benzene rings is 1. The largest absolute Gasteiger partial charge is 0.133 e. The van der Waals surface area contributed by atoms with Crippen molar-refractivity contribution < 1.29 is 0 Å². The van der Waals surface area contributed by atoms with Gasteiger partial charge in [-0.1, -0.05) is 18.7 Å². The fraction of sp³-hybridized carbons (Fsp3) is 0.308. The van der Waals surface area contributed by atoms with Gasteiger partial charge in [0.25, 0.3) is 0 Å². The topological polar surface area (TPSA) is 0 Å². The molecule has 68 valence electrons. The lowest BCUT2D eigenvalue weighted by atomic mass is 9.97. The number of allylic oxidation sites excluding steroid dienone is 1. The van der Waals surface area contributed by atoms with Crippen molar-refractivity contribution in [3.8, 4) is 0 Å². The second kappa shape index (κ2) is 4.11. The van der Waals surface area contributed by atoms with Crippen LogP contribution in [-0.2, 0) is 6.42 Å². The Balaban J connectivity index is 3.10. The van der Waals surface area contributed by atoms with Crippen molar-refractivity contribution in [3.05, 3.63) is 52.8 Å². The average Bonchev–Trinajstić information content (AvgIpc) is 2.13. The summed E-state index contributed by atoms with van der Waals surface area (Å²) in [6, 6.07) is 4.36. The van der Waals surface area contributed by atoms with E-state index in [0.717, 1.165) is 6.42 Å². The number of rotatable bonds is 2. The summed E-state index contributed by atoms with van der Waals surface area (Å²) in [7, 11) is 0. The van der Waals surface area contributed by atoms with Gasteiger partial charge in [0.1, 0.15) is 0 Å². The molecule has 0 aromatic heterocycles. The molecule has 1 aromatic rings. The molecule has 0 fully saturated rings. The van der Waals surface area contributed by atoms with Crippen LogP contribution in [0.3, 0.4) is 0 Å². The van der Waals surface area contributed by atoms with E-state index in [2.05, 4.69) is 45.2 Å². The third-order valence-electron chi connectivity index (χ3n) is 2.64. The second-order valence-corrected chi connectivity index (χ2v) is 3.40. The summed E-state index contributed by atoms with van der Waals surface area (Å²) in [6.45, 7) is 10.1. The summed E-state index contributed by atoms with van der Waals surface area (Å²) in [4.78, 5) is 0. The van der Waals surface area contributed by atoms with Crippen LogP contribution in [-0.4, -0.2) is 0 Å². The van der Waals surface area contributed by atoms with Crippen molar-refractivity contribution in [3.63, 3.8) is 0 Å². The molecule has 0 amide bonds. The fourth-order valence-corrected chi connectivity index (χ4v) is 1.42. The molecular weight excluding hydrogens is 156 g/mol. The van der Waals surface area contributed by atoms with Crippen LogP contribution in [0.4, 0.5) is 0 Å². The first kappa shape index (κ1) is 9.83. The molecule has 0 heteroatoms. The van der Waals surface area contributed by atoms with Gasteiger partial charge < -0.3 is 0 Å². The van der Waals surface area contributed by atoms with Gasteiger partial charge in [-0.25, -0.2) is 0 Å². The molecule has 1 aromatic carbocycles. The Hall–Kier alpha value is -1.26. The predicted molar refractivity (Wildman–Crippen MR) is 58.1 cm³/mol. The smallest absolute Gasteiger partial charge is 0.00187 e. The molecule has 0 saturated carbocycles. The lowest BCUT2D eigenvalue weighted by Gasteiger charge is -2.08. The Morgan fingerprint density at radius 3 is 2.54 bits per heavy atom. The minimum atomic E-state index is 0.941. The summed E-state index contributed by atoms with van der Waals surface area (Å²) < 4.78 is 0. The maximum Gasteiger partial charge on any atom is -0.00187 e. The van der Waals surface area contributed by atoms with Crippen molar-refractivity contribution in [1.29, 1.82) is 0 Å². The van der Waals surface area contributed by atoms with E-state index in [1.807, 2.05) is 6.08 Å². The van der Waals surface area contributed by atoms with E-state index in [0.29, 0.717) is 0 Å². The summed E-state index contributed by atoms with van der Waals surface area (Å²) in [5.74, 6) is 0. The van der Waals surface area contributed by atoms with Crippen LogP contribution >= 0.6 is 0 Å². The normalized spacial score (nSPS) is 9.46. The monoisotopic (exact) mass is 172 g/mol. The number of hydrogen-bond donors (Lipinski definition) is 0. The zero-order valence-electron chi connectivity index (χ0n) is 8.65. The highest BCUT2D eigenvalue weighted by Gasteiger charge is 2.01. The lowest BCUT2D eigenvalue weighted by Crippen LogP contribution is -1.92. The van der Waals surface area contributed by atoms with Gasteiger partial charge >= 0.3 is 0 Å². The van der Waals surface area contributed by atoms with E-state index in [9.17, 15) is 0 Å². The maximum atomic E-state index is 3.56. The van der Waals surface area contributed by atoms with Gasteiger partial charge in [0, 0.05) is 0 Å². The van der Waals surface area contributed by atoms with Gasteiger partial charge in [0.15, 0.2) is 0 Å². The van der Waals surface area contributed by atoms with Crippen LogP contribution < -0.4 is 0 Å². The van der Waals surface area contributed by atoms with Gasteiger partial charge in [0.05, 0.1) is 0 Å². The van der Waals surface area contributed by atoms with Crippen LogP contribution in [0.5, 0.6) is 0 Å². The molecule has 0 radical (unpaired) electrons. The molecule has 0 aliphatic heterocycles. The Morgan fingerprint density at radius 2 is 1.92 bits per heavy atom. The molecular formula is C13H16. The van der Waals surface area contributed by atoms with Crippen molar-refractivity contribution in [1.82, 2.24) is 0 Å². The molecule has 0 atom stereocenters. The first-order valence-corrected chi connectivity index (χ1v) is 4.56. The van der Waals surface area contributed by atoms with Gasteiger partial charge in [-0.05, 0) is 55.5 Å². The molecule has 0 unspecified atom stereocenters. The molecule has 13 heavy (non-hydrogen) atoms. The highest BCUT2D eigenvalue weighted by molar-refractivity contribution is 5.39. The molecule has 0 aliphatic carbocycles. The predicted octanol–water partition coefficient (Wildman–Crippen LogP) is 3.50. The molecule has 0 aliphatic rings. The minimum Gasteiger partial charge on any atom is -0.133 e. The third-order valence-corrected chi connectivity index (χ3v) is 2.64. The Kier molecular flexibility index (Phi) is 3.11. The van der Waals surface area contributed by atoms with Crippen molar-refractivity contribution in [2.24, 2.45) is 0 Å². The summed E-state index contributed by atoms with van der Waals surface area (Å²) in [5, 5.41) is 0. The van der Waals surface area contributed by atoms with Crippen LogP contribution in [0.1, 0.15) is 22.3 Å². The zero-order chi connectivity index (χ0) is 9.84. The summed E-state index contributed by atoms with van der Waals surface area (Å²) in [6.07, 6.45) is 2.91. The van der Waals surface area contributed by atoms with Crippen LogP contribution in [0, 0.1) is 20.8 Å². The van der Waals surface area contributed by atoms with Crippen molar-refractivity contribution in [2.45, 2.75) is 27.2 Å². The molecule has 0 nitrogen and oxygen atoms in total. The first-order valence-electron chi connectivity index (χ1n) is 4.56. The van der Waals surface area contributed by atoms with Crippen LogP contribution in [0.25, 0.3) is 0 Å². The quantitative estimate of drug-likeness (QED) is 0.599. The summed E-state index contributed by atoms with van der Waals surface area (Å²) >= 11 is 0. The van der Waals surface area contributed by atoms with Crippen molar-refractivity contribution in [2.75, 3.05) is 0 Å². The molecule has 0 bridgehead atoms. The Bertz CT molecular complexity index is 353. The van der Waals surface area contributed by atoms with Gasteiger partial charge in [0.2, 0.25) is 0 Å². The van der Waals surface area contributed by atoms with E-state index in [4.69, 9.17) is 0 Å². The standard InChI is InChI=1S/C13H16/c1-5-6-7-13-9-8-10(2)11(3)12(13)4/h6,8-9H,1,7H2,2-4H3. The van der Waals surface area contributed by atoms with Crippen molar-refractivity contribution >= 4 is 0 Å². The first-order chi connectivity index (χ1) is 6.16. The van der Waals surface area contributed by atoms with E-state index >= 15 is 0 Å². The average molecular weight is 172 g/mol. The van der Waals surface area contributed by atoms with E-state index in [1.54, 1.807) is 0 Å². The fourth-order valence-electron chi connectivity index (χ4n) is 1.42. The molecule has 0 spiro atoms. The lowest BCUT2D eigenvalue weighted by molar-refractivity contribution is 1.16. The SMILES string of the molecule is C=C=CCc1ccc(C)c(C)c1C. The second-order valence-electron chi connectivity index (χ2n) is 3.40. The van der Waals surface area contributed by atoms with Gasteiger partial charge in [-0.2, -0.15) is 0 Å². The van der Waals surface area contributed by atoms with E-state index < -0.39 is 0 Å². The highest BCUT2D eigenvalue weighted by atomic mass is 14.1. The molecule has 0 N–H and O–H groups in total. The van der Waals surface area contributed by atoms with Crippen LogP contribution in [0.2, 0.25) is 0 Å². The maximum absolute atomic E-state index is 3.56. The Labute approximate surface area is 80.6 Å².